The highest BCUT2D eigenvalue weighted by molar-refractivity contribution is 7.89. The van der Waals surface area contributed by atoms with Gasteiger partial charge in [0, 0.05) is 18.8 Å². The van der Waals surface area contributed by atoms with Crippen LogP contribution in [0.5, 0.6) is 0 Å². The maximum absolute atomic E-state index is 12.4. The minimum absolute atomic E-state index is 0.0116. The van der Waals surface area contributed by atoms with Crippen molar-refractivity contribution >= 4 is 15.9 Å². The summed E-state index contributed by atoms with van der Waals surface area (Å²) in [7, 11) is -3.78. The van der Waals surface area contributed by atoms with Crippen molar-refractivity contribution in [2.45, 2.75) is 50.1 Å². The first-order valence-electron chi connectivity index (χ1n) is 7.42. The summed E-state index contributed by atoms with van der Waals surface area (Å²) in [6.07, 6.45) is 6.14. The number of nitrogens with one attached hydrogen (secondary N) is 1. The van der Waals surface area contributed by atoms with E-state index in [1.54, 1.807) is 4.57 Å². The molecular formula is C14H21N3O3S. The zero-order chi connectivity index (χ0) is 15.2. The Hall–Kier alpha value is -1.34. The molecule has 21 heavy (non-hydrogen) atoms. The lowest BCUT2D eigenvalue weighted by atomic mass is 9.95. The van der Waals surface area contributed by atoms with Gasteiger partial charge in [0.15, 0.2) is 0 Å². The van der Waals surface area contributed by atoms with Crippen LogP contribution in [0.15, 0.2) is 17.2 Å². The SMILES string of the molecule is CCn1cc(S(N)(=O)=O)cc1C(=O)NC1CC2CCC1C2. The van der Waals surface area contributed by atoms with Crippen LogP contribution in [0.25, 0.3) is 0 Å². The van der Waals surface area contributed by atoms with Crippen LogP contribution in [-0.2, 0) is 16.6 Å². The number of fused-ring (bicyclic) bond motifs is 2. The van der Waals surface area contributed by atoms with Crippen molar-refractivity contribution in [3.05, 3.63) is 18.0 Å². The highest BCUT2D eigenvalue weighted by Gasteiger charge is 2.40. The Morgan fingerprint density at radius 2 is 2.19 bits per heavy atom. The molecule has 0 saturated heterocycles. The first-order valence-corrected chi connectivity index (χ1v) is 8.97. The Kier molecular flexibility index (Phi) is 3.57. The zero-order valence-electron chi connectivity index (χ0n) is 12.1. The number of carbonyl (C=O) groups is 1. The fraction of sp³-hybridized carbons (Fsp3) is 0.643. The number of amides is 1. The summed E-state index contributed by atoms with van der Waals surface area (Å²) < 4.78 is 24.5. The second kappa shape index (κ2) is 5.14. The number of nitrogens with zero attached hydrogens (tertiary/aromatic N) is 1. The smallest absolute Gasteiger partial charge is 0.268 e. The number of aryl methyl sites for hydroxylation is 1. The maximum atomic E-state index is 12.4. The first kappa shape index (κ1) is 14.6. The van der Waals surface area contributed by atoms with Gasteiger partial charge in [-0.3, -0.25) is 4.79 Å². The van der Waals surface area contributed by atoms with Crippen molar-refractivity contribution in [3.8, 4) is 0 Å². The average Bonchev–Trinajstić information content (AvgIpc) is 3.11. The number of hydrogen-bond donors (Lipinski definition) is 2. The lowest BCUT2D eigenvalue weighted by molar-refractivity contribution is 0.0913. The minimum Gasteiger partial charge on any atom is -0.348 e. The topological polar surface area (TPSA) is 94.2 Å². The van der Waals surface area contributed by atoms with Crippen molar-refractivity contribution in [2.24, 2.45) is 17.0 Å². The van der Waals surface area contributed by atoms with E-state index in [0.717, 1.165) is 12.3 Å². The van der Waals surface area contributed by atoms with E-state index in [1.807, 2.05) is 6.92 Å². The molecule has 6 nitrogen and oxygen atoms in total. The van der Waals surface area contributed by atoms with E-state index >= 15 is 0 Å². The Bertz CT molecular complexity index is 665. The van der Waals surface area contributed by atoms with E-state index in [2.05, 4.69) is 5.32 Å². The minimum atomic E-state index is -3.78. The Balaban J connectivity index is 1.79. The van der Waals surface area contributed by atoms with Crippen LogP contribution in [0, 0.1) is 11.8 Å². The molecule has 2 bridgehead atoms. The van der Waals surface area contributed by atoms with Crippen LogP contribution in [0.2, 0.25) is 0 Å². The lowest BCUT2D eigenvalue weighted by Gasteiger charge is -2.23. The second-order valence-electron chi connectivity index (χ2n) is 6.15. The summed E-state index contributed by atoms with van der Waals surface area (Å²) in [4.78, 5) is 12.4. The third-order valence-electron chi connectivity index (χ3n) is 4.83. The van der Waals surface area contributed by atoms with Gasteiger partial charge in [0.05, 0.1) is 0 Å². The average molecular weight is 311 g/mol. The number of primary sulfonamides is 1. The molecule has 7 heteroatoms. The third kappa shape index (κ3) is 2.72. The molecule has 2 saturated carbocycles. The predicted octanol–water partition coefficient (Wildman–Crippen LogP) is 1.07. The molecule has 0 radical (unpaired) electrons. The monoisotopic (exact) mass is 311 g/mol. The fourth-order valence-electron chi connectivity index (χ4n) is 3.76. The van der Waals surface area contributed by atoms with E-state index in [9.17, 15) is 13.2 Å². The van der Waals surface area contributed by atoms with Gasteiger partial charge in [-0.25, -0.2) is 13.6 Å². The van der Waals surface area contributed by atoms with Crippen molar-refractivity contribution in [2.75, 3.05) is 0 Å². The van der Waals surface area contributed by atoms with Gasteiger partial charge in [0.2, 0.25) is 10.0 Å². The lowest BCUT2D eigenvalue weighted by Crippen LogP contribution is -2.39. The molecule has 1 heterocycles. The molecule has 2 aliphatic carbocycles. The molecule has 0 spiro atoms. The number of hydrogen-bond acceptors (Lipinski definition) is 3. The van der Waals surface area contributed by atoms with Gasteiger partial charge in [0.25, 0.3) is 5.91 Å². The number of nitrogens with two attached hydrogens (primary N) is 1. The normalized spacial score (nSPS) is 28.0. The Morgan fingerprint density at radius 3 is 2.71 bits per heavy atom. The number of carbonyl (C=O) groups excluding carboxylic acids is 1. The highest BCUT2D eigenvalue weighted by atomic mass is 32.2. The highest BCUT2D eigenvalue weighted by Crippen LogP contribution is 2.44. The summed E-state index contributed by atoms with van der Waals surface area (Å²) in [6.45, 7) is 2.39. The van der Waals surface area contributed by atoms with Crippen LogP contribution in [-0.4, -0.2) is 24.9 Å². The largest absolute Gasteiger partial charge is 0.348 e. The van der Waals surface area contributed by atoms with E-state index < -0.39 is 10.0 Å². The van der Waals surface area contributed by atoms with Crippen LogP contribution < -0.4 is 10.5 Å². The van der Waals surface area contributed by atoms with Gasteiger partial charge in [-0.2, -0.15) is 0 Å². The van der Waals surface area contributed by atoms with E-state index in [0.29, 0.717) is 18.2 Å². The van der Waals surface area contributed by atoms with Gasteiger partial charge in [-0.1, -0.05) is 6.42 Å². The summed E-state index contributed by atoms with van der Waals surface area (Å²) in [6, 6.07) is 1.59. The number of aromatic nitrogens is 1. The quantitative estimate of drug-likeness (QED) is 0.871. The molecule has 2 aliphatic rings. The second-order valence-corrected chi connectivity index (χ2v) is 7.71. The molecule has 1 amide bonds. The van der Waals surface area contributed by atoms with Gasteiger partial charge in [-0.05, 0) is 44.1 Å². The molecule has 3 atom stereocenters. The standard InChI is InChI=1S/C14H21N3O3S/c1-2-17-8-11(21(15,19)20)7-13(17)14(18)16-12-6-9-3-4-10(12)5-9/h7-10,12H,2-6H2,1H3,(H,16,18)(H2,15,19,20). The Morgan fingerprint density at radius 1 is 1.43 bits per heavy atom. The maximum Gasteiger partial charge on any atom is 0.268 e. The van der Waals surface area contributed by atoms with Crippen LogP contribution in [0.3, 0.4) is 0 Å². The molecule has 0 aromatic carbocycles. The zero-order valence-corrected chi connectivity index (χ0v) is 12.9. The molecular weight excluding hydrogens is 290 g/mol. The molecule has 3 unspecified atom stereocenters. The van der Waals surface area contributed by atoms with Gasteiger partial charge < -0.3 is 9.88 Å². The van der Waals surface area contributed by atoms with E-state index in [1.165, 1.54) is 31.5 Å². The molecule has 3 rings (SSSR count). The van der Waals surface area contributed by atoms with Crippen LogP contribution in [0.4, 0.5) is 0 Å². The molecule has 2 fully saturated rings. The molecule has 1 aromatic rings. The van der Waals surface area contributed by atoms with Gasteiger partial charge in [0.1, 0.15) is 10.6 Å². The molecule has 0 aliphatic heterocycles. The van der Waals surface area contributed by atoms with Crippen molar-refractivity contribution in [3.63, 3.8) is 0 Å². The fourth-order valence-corrected chi connectivity index (χ4v) is 4.31. The Labute approximate surface area is 124 Å². The third-order valence-corrected chi connectivity index (χ3v) is 5.71. The first-order chi connectivity index (χ1) is 9.88. The summed E-state index contributed by atoms with van der Waals surface area (Å²) >= 11 is 0. The summed E-state index contributed by atoms with van der Waals surface area (Å²) in [5.41, 5.74) is 0.365. The molecule has 1 aromatic heterocycles. The van der Waals surface area contributed by atoms with Crippen molar-refractivity contribution in [1.82, 2.24) is 9.88 Å². The van der Waals surface area contributed by atoms with Crippen LogP contribution >= 0.6 is 0 Å². The summed E-state index contributed by atoms with van der Waals surface area (Å²) in [5, 5.41) is 8.20. The summed E-state index contributed by atoms with van der Waals surface area (Å²) in [5.74, 6) is 1.13. The molecule has 116 valence electrons. The van der Waals surface area contributed by atoms with Gasteiger partial charge in [-0.15, -0.1) is 0 Å². The van der Waals surface area contributed by atoms with E-state index in [4.69, 9.17) is 5.14 Å². The number of rotatable bonds is 4. The predicted molar refractivity (Wildman–Crippen MR) is 78.2 cm³/mol. The van der Waals surface area contributed by atoms with Crippen molar-refractivity contribution in [1.29, 1.82) is 0 Å². The van der Waals surface area contributed by atoms with E-state index in [-0.39, 0.29) is 16.8 Å². The number of sulfonamides is 1. The van der Waals surface area contributed by atoms with Gasteiger partial charge >= 0.3 is 0 Å². The molecule has 3 N–H and O–H groups in total. The van der Waals surface area contributed by atoms with Crippen LogP contribution in [0.1, 0.15) is 43.1 Å². The van der Waals surface area contributed by atoms with Crippen molar-refractivity contribution < 1.29 is 13.2 Å².